The van der Waals surface area contributed by atoms with Crippen molar-refractivity contribution in [2.75, 3.05) is 11.6 Å². The molecule has 3 aromatic rings. The van der Waals surface area contributed by atoms with Crippen LogP contribution in [0, 0.1) is 0 Å². The number of amides is 1. The number of thioether (sulfide) groups is 1. The predicted molar refractivity (Wildman–Crippen MR) is 97.4 cm³/mol. The normalized spacial score (nSPS) is 10.6. The van der Waals surface area contributed by atoms with Crippen LogP contribution in [-0.2, 0) is 11.3 Å². The first-order chi connectivity index (χ1) is 12.1. The number of aromatic nitrogens is 4. The molecule has 9 heteroatoms. The summed E-state index contributed by atoms with van der Waals surface area (Å²) >= 11 is 7.05. The lowest BCUT2D eigenvalue weighted by Crippen LogP contribution is -2.25. The van der Waals surface area contributed by atoms with Gasteiger partial charge in [0.15, 0.2) is 5.82 Å². The highest BCUT2D eigenvalue weighted by molar-refractivity contribution is 7.99. The first kappa shape index (κ1) is 17.2. The van der Waals surface area contributed by atoms with Crippen LogP contribution in [0.3, 0.4) is 0 Å². The summed E-state index contributed by atoms with van der Waals surface area (Å²) < 4.78 is 1.36. The molecule has 1 amide bonds. The maximum absolute atomic E-state index is 12.0. The third-order valence-electron chi connectivity index (χ3n) is 3.32. The quantitative estimate of drug-likeness (QED) is 0.506. The highest BCUT2D eigenvalue weighted by Crippen LogP contribution is 2.20. The van der Waals surface area contributed by atoms with Crippen molar-refractivity contribution in [3.05, 3.63) is 59.4 Å². The van der Waals surface area contributed by atoms with Gasteiger partial charge in [0.2, 0.25) is 11.1 Å². The van der Waals surface area contributed by atoms with Gasteiger partial charge in [-0.1, -0.05) is 35.5 Å². The van der Waals surface area contributed by atoms with Crippen molar-refractivity contribution in [3.63, 3.8) is 0 Å². The highest BCUT2D eigenvalue weighted by Gasteiger charge is 2.13. The Bertz CT molecular complexity index is 853. The first-order valence-corrected chi connectivity index (χ1v) is 8.74. The summed E-state index contributed by atoms with van der Waals surface area (Å²) in [6.07, 6.45) is 3.32. The van der Waals surface area contributed by atoms with E-state index in [0.717, 1.165) is 11.1 Å². The number of nitrogen functional groups attached to an aromatic ring is 1. The second-order valence-electron chi connectivity index (χ2n) is 5.11. The summed E-state index contributed by atoms with van der Waals surface area (Å²) in [5.74, 6) is 6.57. The van der Waals surface area contributed by atoms with E-state index in [-0.39, 0.29) is 11.7 Å². The summed E-state index contributed by atoms with van der Waals surface area (Å²) in [5.41, 5.74) is 1.74. The molecule has 0 aliphatic heterocycles. The van der Waals surface area contributed by atoms with Crippen LogP contribution in [0.1, 0.15) is 5.56 Å². The summed E-state index contributed by atoms with van der Waals surface area (Å²) in [6.45, 7) is 0.437. The van der Waals surface area contributed by atoms with Crippen molar-refractivity contribution in [1.29, 1.82) is 0 Å². The number of benzene rings is 1. The van der Waals surface area contributed by atoms with Crippen LogP contribution in [-0.4, -0.2) is 31.5 Å². The van der Waals surface area contributed by atoms with Crippen LogP contribution in [0.15, 0.2) is 53.9 Å². The Hall–Kier alpha value is -2.58. The molecule has 3 N–H and O–H groups in total. The molecular formula is C16H15ClN6OS. The number of halogens is 1. The van der Waals surface area contributed by atoms with Crippen molar-refractivity contribution in [2.45, 2.75) is 11.7 Å². The smallest absolute Gasteiger partial charge is 0.230 e. The van der Waals surface area contributed by atoms with Crippen LogP contribution in [0.25, 0.3) is 11.4 Å². The van der Waals surface area contributed by atoms with Crippen LogP contribution in [0.2, 0.25) is 5.02 Å². The summed E-state index contributed by atoms with van der Waals surface area (Å²) in [4.78, 5) is 16.0. The molecule has 0 saturated carbocycles. The molecule has 0 bridgehead atoms. The number of pyridine rings is 1. The number of hydrogen-bond acceptors (Lipinski definition) is 6. The van der Waals surface area contributed by atoms with E-state index in [2.05, 4.69) is 20.5 Å². The third-order valence-corrected chi connectivity index (χ3v) is 4.51. The highest BCUT2D eigenvalue weighted by atomic mass is 35.5. The van der Waals surface area contributed by atoms with Gasteiger partial charge >= 0.3 is 0 Å². The van der Waals surface area contributed by atoms with Crippen molar-refractivity contribution < 1.29 is 4.79 Å². The van der Waals surface area contributed by atoms with E-state index >= 15 is 0 Å². The second-order valence-corrected chi connectivity index (χ2v) is 6.49. The van der Waals surface area contributed by atoms with Gasteiger partial charge in [-0.05, 0) is 29.8 Å². The van der Waals surface area contributed by atoms with Crippen LogP contribution in [0.4, 0.5) is 0 Å². The molecule has 7 nitrogen and oxygen atoms in total. The average Bonchev–Trinajstić information content (AvgIpc) is 3.01. The van der Waals surface area contributed by atoms with Gasteiger partial charge in [0.1, 0.15) is 0 Å². The van der Waals surface area contributed by atoms with Gasteiger partial charge in [-0.2, -0.15) is 0 Å². The molecule has 0 radical (unpaired) electrons. The SMILES string of the molecule is Nn1c(SCC(=O)NCc2ccc(Cl)cc2)nnc1-c1cccnc1. The molecule has 1 aromatic carbocycles. The summed E-state index contributed by atoms with van der Waals surface area (Å²) in [5, 5.41) is 12.0. The number of hydrogen-bond donors (Lipinski definition) is 2. The van der Waals surface area contributed by atoms with Gasteiger partial charge < -0.3 is 11.2 Å². The maximum Gasteiger partial charge on any atom is 0.230 e. The number of nitrogens with zero attached hydrogens (tertiary/aromatic N) is 4. The zero-order valence-corrected chi connectivity index (χ0v) is 14.7. The minimum Gasteiger partial charge on any atom is -0.351 e. The fourth-order valence-electron chi connectivity index (χ4n) is 2.05. The molecule has 0 aliphatic rings. The maximum atomic E-state index is 12.0. The molecule has 0 unspecified atom stereocenters. The molecule has 0 atom stereocenters. The molecule has 2 aromatic heterocycles. The topological polar surface area (TPSA) is 98.7 Å². The molecule has 0 saturated heterocycles. The number of nitrogens with one attached hydrogen (secondary N) is 1. The number of nitrogens with two attached hydrogens (primary N) is 1. The lowest BCUT2D eigenvalue weighted by atomic mass is 10.2. The lowest BCUT2D eigenvalue weighted by Gasteiger charge is -2.06. The first-order valence-electron chi connectivity index (χ1n) is 7.38. The van der Waals surface area contributed by atoms with Gasteiger partial charge in [0.05, 0.1) is 5.75 Å². The van der Waals surface area contributed by atoms with E-state index in [1.54, 1.807) is 30.6 Å². The van der Waals surface area contributed by atoms with E-state index in [4.69, 9.17) is 17.4 Å². The number of carbonyl (C=O) groups excluding carboxylic acids is 1. The molecule has 3 rings (SSSR count). The zero-order valence-electron chi connectivity index (χ0n) is 13.1. The second kappa shape index (κ2) is 8.00. The molecule has 0 fully saturated rings. The summed E-state index contributed by atoms with van der Waals surface area (Å²) in [7, 11) is 0. The Morgan fingerprint density at radius 3 is 2.76 bits per heavy atom. The molecule has 0 spiro atoms. The minimum atomic E-state index is -0.120. The Morgan fingerprint density at radius 2 is 2.04 bits per heavy atom. The predicted octanol–water partition coefficient (Wildman–Crippen LogP) is 2.12. The minimum absolute atomic E-state index is 0.120. The monoisotopic (exact) mass is 374 g/mol. The molecule has 128 valence electrons. The van der Waals surface area contributed by atoms with Gasteiger partial charge in [-0.25, -0.2) is 4.68 Å². The van der Waals surface area contributed by atoms with Crippen molar-refractivity contribution in [3.8, 4) is 11.4 Å². The van der Waals surface area contributed by atoms with E-state index in [9.17, 15) is 4.79 Å². The fraction of sp³-hybridized carbons (Fsp3) is 0.125. The van der Waals surface area contributed by atoms with Crippen molar-refractivity contribution in [2.24, 2.45) is 0 Å². The van der Waals surface area contributed by atoms with E-state index in [1.165, 1.54) is 16.4 Å². The molecule has 0 aliphatic carbocycles. The van der Waals surface area contributed by atoms with Crippen molar-refractivity contribution in [1.82, 2.24) is 25.2 Å². The summed E-state index contributed by atoms with van der Waals surface area (Å²) in [6, 6.07) is 10.9. The van der Waals surface area contributed by atoms with Crippen LogP contribution < -0.4 is 11.2 Å². The van der Waals surface area contributed by atoms with Gasteiger partial charge in [-0.3, -0.25) is 9.78 Å². The van der Waals surface area contributed by atoms with Gasteiger partial charge in [-0.15, -0.1) is 10.2 Å². The Balaban J connectivity index is 1.54. The largest absolute Gasteiger partial charge is 0.351 e. The molecule has 25 heavy (non-hydrogen) atoms. The fourth-order valence-corrected chi connectivity index (χ4v) is 2.86. The standard InChI is InChI=1S/C16H15ClN6OS/c17-13-5-3-11(4-6-13)8-20-14(24)10-25-16-22-21-15(23(16)18)12-2-1-7-19-9-12/h1-7,9H,8,10,18H2,(H,20,24). The van der Waals surface area contributed by atoms with Crippen LogP contribution in [0.5, 0.6) is 0 Å². The lowest BCUT2D eigenvalue weighted by molar-refractivity contribution is -0.118. The Labute approximate surface area is 153 Å². The van der Waals surface area contributed by atoms with Gasteiger partial charge in [0, 0.05) is 29.5 Å². The van der Waals surface area contributed by atoms with E-state index in [0.29, 0.717) is 22.5 Å². The van der Waals surface area contributed by atoms with Gasteiger partial charge in [0.25, 0.3) is 0 Å². The number of rotatable bonds is 6. The van der Waals surface area contributed by atoms with E-state index in [1.807, 2.05) is 18.2 Å². The Kier molecular flexibility index (Phi) is 5.52. The van der Waals surface area contributed by atoms with Crippen molar-refractivity contribution >= 4 is 29.3 Å². The average molecular weight is 375 g/mol. The van der Waals surface area contributed by atoms with Crippen LogP contribution >= 0.6 is 23.4 Å². The molecular weight excluding hydrogens is 360 g/mol. The van der Waals surface area contributed by atoms with E-state index < -0.39 is 0 Å². The number of carbonyl (C=O) groups is 1. The molecule has 2 heterocycles. The zero-order chi connectivity index (χ0) is 17.6. The third kappa shape index (κ3) is 4.49. The Morgan fingerprint density at radius 1 is 1.24 bits per heavy atom.